The predicted molar refractivity (Wildman–Crippen MR) is 161 cm³/mol. The molecule has 0 heterocycles. The van der Waals surface area contributed by atoms with Gasteiger partial charge in [0, 0.05) is 5.92 Å². The zero-order valence-electron chi connectivity index (χ0n) is 22.5. The third-order valence-corrected chi connectivity index (χ3v) is 6.88. The van der Waals surface area contributed by atoms with E-state index in [2.05, 4.69) is 79.5 Å². The molecule has 0 aliphatic carbocycles. The maximum Gasteiger partial charge on any atom is 0.118 e. The van der Waals surface area contributed by atoms with Gasteiger partial charge in [-0.15, -0.1) is 0 Å². The molecule has 0 atom stereocenters. The molecular weight excluding hydrogens is 478 g/mol. The van der Waals surface area contributed by atoms with Gasteiger partial charge in [0.15, 0.2) is 0 Å². The molecule has 39 heavy (non-hydrogen) atoms. The minimum absolute atomic E-state index is 0.0424. The Morgan fingerprint density at radius 3 is 1.54 bits per heavy atom. The first-order valence-electron chi connectivity index (χ1n) is 13.0. The van der Waals surface area contributed by atoms with Gasteiger partial charge in [0.2, 0.25) is 0 Å². The van der Waals surface area contributed by atoms with Crippen molar-refractivity contribution in [3.05, 3.63) is 161 Å². The van der Waals surface area contributed by atoms with Gasteiger partial charge in [0.25, 0.3) is 0 Å². The summed E-state index contributed by atoms with van der Waals surface area (Å²) in [6, 6.07) is 43.5. The van der Waals surface area contributed by atoms with Gasteiger partial charge in [-0.25, -0.2) is 4.99 Å². The number of ether oxygens (including phenoxy) is 2. The van der Waals surface area contributed by atoms with Crippen LogP contribution in [0.2, 0.25) is 0 Å². The average molecular weight is 510 g/mol. The van der Waals surface area contributed by atoms with Crippen LogP contribution in [-0.2, 0) is 0 Å². The fourth-order valence-corrected chi connectivity index (χ4v) is 4.83. The van der Waals surface area contributed by atoms with Crippen molar-refractivity contribution < 1.29 is 9.47 Å². The number of rotatable bonds is 8. The quantitative estimate of drug-likeness (QED) is 0.155. The van der Waals surface area contributed by atoms with Crippen LogP contribution in [-0.4, -0.2) is 20.1 Å². The molecule has 0 radical (unpaired) electrons. The summed E-state index contributed by atoms with van der Waals surface area (Å²) in [5.41, 5.74) is 8.52. The molecule has 0 aliphatic rings. The fourth-order valence-electron chi connectivity index (χ4n) is 4.83. The van der Waals surface area contributed by atoms with Crippen LogP contribution in [0.5, 0.6) is 11.5 Å². The van der Waals surface area contributed by atoms with Crippen LogP contribution in [0.25, 0.3) is 5.57 Å². The first-order chi connectivity index (χ1) is 19.2. The van der Waals surface area contributed by atoms with Crippen molar-refractivity contribution >= 4 is 17.1 Å². The zero-order chi connectivity index (χ0) is 27.0. The number of aryl methyl sites for hydroxylation is 1. The van der Waals surface area contributed by atoms with Crippen LogP contribution >= 0.6 is 0 Å². The number of hydrogen-bond acceptors (Lipinski definition) is 3. The molecular formula is C36H31NO2. The van der Waals surface area contributed by atoms with E-state index in [9.17, 15) is 0 Å². The molecule has 0 fully saturated rings. The average Bonchev–Trinajstić information content (AvgIpc) is 3.00. The molecule has 0 saturated carbocycles. The van der Waals surface area contributed by atoms with E-state index in [0.29, 0.717) is 0 Å². The SMILES string of the molecule is COc1ccc(C(c2ccc(OC)cc2)c2cccc(C)c2N=C=C(c2ccccc2)c2ccccc2)cc1. The minimum Gasteiger partial charge on any atom is -0.497 e. The second-order valence-electron chi connectivity index (χ2n) is 9.32. The number of hydrogen-bond donors (Lipinski definition) is 0. The Morgan fingerprint density at radius 1 is 0.590 bits per heavy atom. The molecule has 5 rings (SSSR count). The maximum atomic E-state index is 5.43. The van der Waals surface area contributed by atoms with E-state index >= 15 is 0 Å². The van der Waals surface area contributed by atoms with Crippen molar-refractivity contribution in [1.29, 1.82) is 0 Å². The Hall–Kier alpha value is -4.85. The lowest BCUT2D eigenvalue weighted by Gasteiger charge is -2.22. The Morgan fingerprint density at radius 2 is 1.08 bits per heavy atom. The molecule has 0 spiro atoms. The van der Waals surface area contributed by atoms with E-state index in [0.717, 1.165) is 56.1 Å². The third-order valence-electron chi connectivity index (χ3n) is 6.88. The van der Waals surface area contributed by atoms with Crippen molar-refractivity contribution in [3.8, 4) is 11.5 Å². The van der Waals surface area contributed by atoms with E-state index in [4.69, 9.17) is 14.5 Å². The summed E-state index contributed by atoms with van der Waals surface area (Å²) in [4.78, 5) is 5.06. The van der Waals surface area contributed by atoms with Gasteiger partial charge in [-0.1, -0.05) is 103 Å². The Balaban J connectivity index is 1.71. The largest absolute Gasteiger partial charge is 0.497 e. The highest BCUT2D eigenvalue weighted by molar-refractivity contribution is 5.99. The molecule has 0 amide bonds. The molecule has 0 unspecified atom stereocenters. The normalized spacial score (nSPS) is 10.6. The van der Waals surface area contributed by atoms with E-state index in [-0.39, 0.29) is 5.92 Å². The standard InChI is InChI=1S/C36H31NO2/c1-26-11-10-16-33(35(29-17-21-31(38-2)22-18-29)30-19-23-32(39-3)24-20-30)36(26)37-25-34(27-12-6-4-7-13-27)28-14-8-5-9-15-28/h4-24,35H,1-3H3. The molecule has 0 bridgehead atoms. The second kappa shape index (κ2) is 12.1. The Kier molecular flexibility index (Phi) is 8.02. The van der Waals surface area contributed by atoms with E-state index < -0.39 is 0 Å². The molecule has 0 saturated heterocycles. The lowest BCUT2D eigenvalue weighted by Crippen LogP contribution is -2.05. The van der Waals surface area contributed by atoms with Crippen LogP contribution in [0, 0.1) is 6.92 Å². The highest BCUT2D eigenvalue weighted by atomic mass is 16.5. The van der Waals surface area contributed by atoms with Gasteiger partial charge in [0.05, 0.1) is 25.5 Å². The van der Waals surface area contributed by atoms with E-state index in [1.54, 1.807) is 14.2 Å². The summed E-state index contributed by atoms with van der Waals surface area (Å²) in [6.07, 6.45) is 0. The predicted octanol–water partition coefficient (Wildman–Crippen LogP) is 8.63. The fraction of sp³-hybridized carbons (Fsp3) is 0.111. The number of benzene rings is 5. The monoisotopic (exact) mass is 509 g/mol. The number of nitrogens with zero attached hydrogens (tertiary/aromatic N) is 1. The topological polar surface area (TPSA) is 30.8 Å². The van der Waals surface area contributed by atoms with Crippen molar-refractivity contribution in [2.75, 3.05) is 14.2 Å². The highest BCUT2D eigenvalue weighted by Crippen LogP contribution is 2.40. The van der Waals surface area contributed by atoms with Crippen molar-refractivity contribution in [2.45, 2.75) is 12.8 Å². The van der Waals surface area contributed by atoms with Crippen molar-refractivity contribution in [3.63, 3.8) is 0 Å². The summed E-state index contributed by atoms with van der Waals surface area (Å²) < 4.78 is 10.9. The first-order valence-corrected chi connectivity index (χ1v) is 13.0. The van der Waals surface area contributed by atoms with Crippen LogP contribution in [0.4, 0.5) is 5.69 Å². The van der Waals surface area contributed by atoms with Crippen molar-refractivity contribution in [1.82, 2.24) is 0 Å². The molecule has 3 heteroatoms. The summed E-state index contributed by atoms with van der Waals surface area (Å²) in [5.74, 6) is 5.06. The van der Waals surface area contributed by atoms with Crippen LogP contribution in [0.15, 0.2) is 132 Å². The van der Waals surface area contributed by atoms with Crippen molar-refractivity contribution in [2.24, 2.45) is 4.99 Å². The van der Waals surface area contributed by atoms with Gasteiger partial charge in [-0.2, -0.15) is 0 Å². The zero-order valence-corrected chi connectivity index (χ0v) is 22.5. The Labute approximate surface area is 230 Å². The van der Waals surface area contributed by atoms with E-state index in [1.165, 1.54) is 0 Å². The van der Waals surface area contributed by atoms with E-state index in [1.807, 2.05) is 60.7 Å². The Bertz CT molecular complexity index is 1490. The molecule has 0 N–H and O–H groups in total. The second-order valence-corrected chi connectivity index (χ2v) is 9.32. The summed E-state index contributed by atoms with van der Waals surface area (Å²) >= 11 is 0. The lowest BCUT2D eigenvalue weighted by molar-refractivity contribution is 0.414. The number of aliphatic imine (C=N–C) groups is 1. The van der Waals surface area contributed by atoms with Gasteiger partial charge >= 0.3 is 0 Å². The van der Waals surface area contributed by atoms with Gasteiger partial charge in [-0.05, 0) is 70.4 Å². The maximum absolute atomic E-state index is 5.43. The molecule has 0 aromatic heterocycles. The minimum atomic E-state index is -0.0424. The summed E-state index contributed by atoms with van der Waals surface area (Å²) in [6.45, 7) is 2.10. The third kappa shape index (κ3) is 5.85. The molecule has 192 valence electrons. The molecule has 5 aromatic carbocycles. The molecule has 5 aromatic rings. The van der Waals surface area contributed by atoms with Crippen LogP contribution < -0.4 is 9.47 Å². The van der Waals surface area contributed by atoms with Crippen LogP contribution in [0.1, 0.15) is 39.3 Å². The lowest BCUT2D eigenvalue weighted by atomic mass is 9.83. The first kappa shape index (κ1) is 25.8. The number of para-hydroxylation sites is 1. The van der Waals surface area contributed by atoms with Gasteiger partial charge in [-0.3, -0.25) is 0 Å². The summed E-state index contributed by atoms with van der Waals surface area (Å²) in [7, 11) is 3.37. The van der Waals surface area contributed by atoms with Gasteiger partial charge in [0.1, 0.15) is 11.5 Å². The van der Waals surface area contributed by atoms with Crippen LogP contribution in [0.3, 0.4) is 0 Å². The smallest absolute Gasteiger partial charge is 0.118 e. The molecule has 0 aliphatic heterocycles. The summed E-state index contributed by atoms with van der Waals surface area (Å²) in [5, 5.41) is 0. The number of methoxy groups -OCH3 is 2. The van der Waals surface area contributed by atoms with Gasteiger partial charge < -0.3 is 9.47 Å². The molecule has 3 nitrogen and oxygen atoms in total. The highest BCUT2D eigenvalue weighted by Gasteiger charge is 2.21.